The van der Waals surface area contributed by atoms with E-state index in [0.717, 1.165) is 26.2 Å². The lowest BCUT2D eigenvalue weighted by molar-refractivity contribution is -0.151. The standard InChI is InChI=1S/C12H24N2O3/c1-4-17-11(12(15)16)9-13-5-7-14(8-6-13)10(2)3/h10-11H,4-9H2,1-3H3,(H,15,16). The van der Waals surface area contributed by atoms with Gasteiger partial charge in [0.1, 0.15) is 0 Å². The first-order valence-corrected chi connectivity index (χ1v) is 6.35. The molecule has 100 valence electrons. The summed E-state index contributed by atoms with van der Waals surface area (Å²) in [5.74, 6) is -0.863. The average Bonchev–Trinajstić information content (AvgIpc) is 2.29. The molecule has 0 bridgehead atoms. The molecule has 1 atom stereocenters. The van der Waals surface area contributed by atoms with Crippen LogP contribution in [-0.4, -0.2) is 72.4 Å². The third kappa shape index (κ3) is 4.61. The molecule has 1 heterocycles. The number of carboxylic acids is 1. The van der Waals surface area contributed by atoms with Crippen molar-refractivity contribution in [3.8, 4) is 0 Å². The van der Waals surface area contributed by atoms with Crippen molar-refractivity contribution in [2.24, 2.45) is 0 Å². The molecule has 5 nitrogen and oxygen atoms in total. The smallest absolute Gasteiger partial charge is 0.334 e. The predicted octanol–water partition coefficient (Wildman–Crippen LogP) is 0.502. The van der Waals surface area contributed by atoms with Crippen molar-refractivity contribution in [2.45, 2.75) is 32.9 Å². The predicted molar refractivity (Wildman–Crippen MR) is 66.2 cm³/mol. The Bertz CT molecular complexity index is 238. The fourth-order valence-electron chi connectivity index (χ4n) is 2.10. The molecule has 0 spiro atoms. The van der Waals surface area contributed by atoms with Gasteiger partial charge >= 0.3 is 5.97 Å². The van der Waals surface area contributed by atoms with Gasteiger partial charge in [0.05, 0.1) is 0 Å². The highest BCUT2D eigenvalue weighted by Gasteiger charge is 2.24. The normalized spacial score (nSPS) is 20.7. The second-order valence-corrected chi connectivity index (χ2v) is 4.71. The summed E-state index contributed by atoms with van der Waals surface area (Å²) < 4.78 is 5.23. The average molecular weight is 244 g/mol. The number of piperazine rings is 1. The minimum absolute atomic E-state index is 0.447. The summed E-state index contributed by atoms with van der Waals surface area (Å²) in [6.07, 6.45) is -0.689. The Hall–Kier alpha value is -0.650. The summed E-state index contributed by atoms with van der Waals surface area (Å²) >= 11 is 0. The second-order valence-electron chi connectivity index (χ2n) is 4.71. The van der Waals surface area contributed by atoms with Gasteiger partial charge in [0.25, 0.3) is 0 Å². The molecule has 0 saturated carbocycles. The largest absolute Gasteiger partial charge is 0.479 e. The number of ether oxygens (including phenoxy) is 1. The minimum Gasteiger partial charge on any atom is -0.479 e. The van der Waals surface area contributed by atoms with Crippen LogP contribution in [0.4, 0.5) is 0 Å². The fourth-order valence-corrected chi connectivity index (χ4v) is 2.10. The third-order valence-corrected chi connectivity index (χ3v) is 3.20. The zero-order valence-electron chi connectivity index (χ0n) is 11.1. The molecule has 1 unspecified atom stereocenters. The number of rotatable bonds is 6. The van der Waals surface area contributed by atoms with Crippen LogP contribution in [0.1, 0.15) is 20.8 Å². The van der Waals surface area contributed by atoms with E-state index in [-0.39, 0.29) is 0 Å². The van der Waals surface area contributed by atoms with Crippen LogP contribution >= 0.6 is 0 Å². The lowest BCUT2D eigenvalue weighted by atomic mass is 10.2. The Kier molecular flexibility index (Phi) is 5.88. The Morgan fingerprint density at radius 2 is 1.88 bits per heavy atom. The van der Waals surface area contributed by atoms with Crippen molar-refractivity contribution in [3.63, 3.8) is 0 Å². The topological polar surface area (TPSA) is 53.0 Å². The van der Waals surface area contributed by atoms with E-state index in [2.05, 4.69) is 23.6 Å². The summed E-state index contributed by atoms with van der Waals surface area (Å²) in [5, 5.41) is 9.01. The van der Waals surface area contributed by atoms with Gasteiger partial charge < -0.3 is 9.84 Å². The first-order valence-electron chi connectivity index (χ1n) is 6.35. The van der Waals surface area contributed by atoms with Crippen molar-refractivity contribution in [2.75, 3.05) is 39.3 Å². The number of hydrogen-bond donors (Lipinski definition) is 1. The van der Waals surface area contributed by atoms with Crippen LogP contribution in [-0.2, 0) is 9.53 Å². The highest BCUT2D eigenvalue weighted by atomic mass is 16.5. The van der Waals surface area contributed by atoms with E-state index >= 15 is 0 Å². The molecule has 1 aliphatic heterocycles. The van der Waals surface area contributed by atoms with Crippen molar-refractivity contribution in [1.29, 1.82) is 0 Å². The summed E-state index contributed by atoms with van der Waals surface area (Å²) in [4.78, 5) is 15.6. The highest BCUT2D eigenvalue weighted by molar-refractivity contribution is 5.72. The third-order valence-electron chi connectivity index (χ3n) is 3.20. The number of nitrogens with zero attached hydrogens (tertiary/aromatic N) is 2. The summed E-state index contributed by atoms with van der Waals surface area (Å²) in [6.45, 7) is 11.0. The SMILES string of the molecule is CCOC(CN1CCN(C(C)C)CC1)C(=O)O. The van der Waals surface area contributed by atoms with E-state index in [1.165, 1.54) is 0 Å². The van der Waals surface area contributed by atoms with Crippen LogP contribution in [0.25, 0.3) is 0 Å². The maximum absolute atomic E-state index is 11.0. The van der Waals surface area contributed by atoms with E-state index in [4.69, 9.17) is 9.84 Å². The Morgan fingerprint density at radius 1 is 1.29 bits per heavy atom. The van der Waals surface area contributed by atoms with Gasteiger partial charge in [0.15, 0.2) is 6.10 Å². The zero-order valence-corrected chi connectivity index (χ0v) is 11.1. The van der Waals surface area contributed by atoms with Gasteiger partial charge in [-0.25, -0.2) is 4.79 Å². The molecule has 5 heteroatoms. The second kappa shape index (κ2) is 6.93. The Balaban J connectivity index is 2.35. The maximum atomic E-state index is 11.0. The van der Waals surface area contributed by atoms with E-state index < -0.39 is 12.1 Å². The molecule has 0 amide bonds. The molecule has 1 rings (SSSR count). The molecule has 1 N–H and O–H groups in total. The Labute approximate surface area is 103 Å². The molecule has 17 heavy (non-hydrogen) atoms. The number of hydrogen-bond acceptors (Lipinski definition) is 4. The van der Waals surface area contributed by atoms with Crippen molar-refractivity contribution in [3.05, 3.63) is 0 Å². The van der Waals surface area contributed by atoms with E-state index in [1.807, 2.05) is 6.92 Å². The summed E-state index contributed by atoms with van der Waals surface area (Å²) in [7, 11) is 0. The highest BCUT2D eigenvalue weighted by Crippen LogP contribution is 2.07. The van der Waals surface area contributed by atoms with Crippen molar-refractivity contribution in [1.82, 2.24) is 9.80 Å². The van der Waals surface area contributed by atoms with Gasteiger partial charge in [0, 0.05) is 45.4 Å². The van der Waals surface area contributed by atoms with Crippen LogP contribution in [0.2, 0.25) is 0 Å². The number of aliphatic carboxylic acids is 1. The fraction of sp³-hybridized carbons (Fsp3) is 0.917. The monoisotopic (exact) mass is 244 g/mol. The lowest BCUT2D eigenvalue weighted by Gasteiger charge is -2.37. The van der Waals surface area contributed by atoms with Crippen LogP contribution in [0.3, 0.4) is 0 Å². The van der Waals surface area contributed by atoms with Gasteiger partial charge in [-0.1, -0.05) is 0 Å². The molecule has 0 aromatic carbocycles. The molecule has 0 radical (unpaired) electrons. The van der Waals surface area contributed by atoms with Crippen LogP contribution in [0, 0.1) is 0 Å². The van der Waals surface area contributed by atoms with Crippen LogP contribution in [0.15, 0.2) is 0 Å². The first kappa shape index (κ1) is 14.4. The minimum atomic E-state index is -0.863. The van der Waals surface area contributed by atoms with E-state index in [1.54, 1.807) is 0 Å². The molecule has 1 saturated heterocycles. The first-order chi connectivity index (χ1) is 8.04. The van der Waals surface area contributed by atoms with Gasteiger partial charge in [-0.05, 0) is 20.8 Å². The number of carbonyl (C=O) groups is 1. The molecule has 0 aromatic heterocycles. The van der Waals surface area contributed by atoms with Gasteiger partial charge in [-0.15, -0.1) is 0 Å². The van der Waals surface area contributed by atoms with Gasteiger partial charge in [-0.2, -0.15) is 0 Å². The summed E-state index contributed by atoms with van der Waals surface area (Å²) in [6, 6.07) is 0.569. The van der Waals surface area contributed by atoms with Crippen molar-refractivity contribution >= 4 is 5.97 Å². The molecule has 0 aromatic rings. The van der Waals surface area contributed by atoms with Crippen LogP contribution < -0.4 is 0 Å². The molecular weight excluding hydrogens is 220 g/mol. The zero-order chi connectivity index (χ0) is 12.8. The molecule has 0 aliphatic carbocycles. The van der Waals surface area contributed by atoms with Gasteiger partial charge in [0.2, 0.25) is 0 Å². The van der Waals surface area contributed by atoms with Gasteiger partial charge in [-0.3, -0.25) is 9.80 Å². The van der Waals surface area contributed by atoms with Crippen LogP contribution in [0.5, 0.6) is 0 Å². The number of carboxylic acid groups (broad SMARTS) is 1. The lowest BCUT2D eigenvalue weighted by Crippen LogP contribution is -2.51. The Morgan fingerprint density at radius 3 is 2.29 bits per heavy atom. The molecule has 1 aliphatic rings. The van der Waals surface area contributed by atoms with E-state index in [9.17, 15) is 4.79 Å². The van der Waals surface area contributed by atoms with Crippen molar-refractivity contribution < 1.29 is 14.6 Å². The van der Waals surface area contributed by atoms with E-state index in [0.29, 0.717) is 19.2 Å². The maximum Gasteiger partial charge on any atom is 0.334 e. The molecular formula is C12H24N2O3. The quantitative estimate of drug-likeness (QED) is 0.737. The molecule has 1 fully saturated rings. The summed E-state index contributed by atoms with van der Waals surface area (Å²) in [5.41, 5.74) is 0.